The third kappa shape index (κ3) is 2.39. The molecule has 0 radical (unpaired) electrons. The van der Waals surface area contributed by atoms with E-state index in [0.29, 0.717) is 29.6 Å². The number of H-pyrrole nitrogens is 1. The highest BCUT2D eigenvalue weighted by Crippen LogP contribution is 2.51. The number of benzene rings is 2. The highest BCUT2D eigenvalue weighted by Gasteiger charge is 2.45. The van der Waals surface area contributed by atoms with Gasteiger partial charge in [-0.3, -0.25) is 4.79 Å². The van der Waals surface area contributed by atoms with E-state index in [9.17, 15) is 4.79 Å². The second-order valence-electron chi connectivity index (χ2n) is 8.91. The van der Waals surface area contributed by atoms with Gasteiger partial charge in [-0.25, -0.2) is 9.97 Å². The van der Waals surface area contributed by atoms with Crippen LogP contribution in [0.25, 0.3) is 22.1 Å². The molecule has 152 valence electrons. The van der Waals surface area contributed by atoms with Crippen LogP contribution in [0.3, 0.4) is 0 Å². The lowest BCUT2D eigenvalue weighted by molar-refractivity contribution is 0.0487. The van der Waals surface area contributed by atoms with Crippen LogP contribution in [0.15, 0.2) is 41.1 Å². The van der Waals surface area contributed by atoms with Gasteiger partial charge in [0.2, 0.25) is 0 Å². The molecular weight excluding hydrogens is 376 g/mol. The Labute approximate surface area is 174 Å². The summed E-state index contributed by atoms with van der Waals surface area (Å²) in [5.74, 6) is 2.37. The molecule has 2 aliphatic rings. The number of piperidine rings is 1. The number of amides is 1. The first kappa shape index (κ1) is 17.7. The molecule has 1 N–H and O–H groups in total. The Morgan fingerprint density at radius 1 is 1.20 bits per heavy atom. The van der Waals surface area contributed by atoms with Crippen molar-refractivity contribution in [2.24, 2.45) is 11.8 Å². The summed E-state index contributed by atoms with van der Waals surface area (Å²) in [5.41, 5.74) is 7.02. The monoisotopic (exact) mass is 400 g/mol. The van der Waals surface area contributed by atoms with Gasteiger partial charge in [0.15, 0.2) is 11.5 Å². The van der Waals surface area contributed by atoms with Crippen molar-refractivity contribution < 1.29 is 9.21 Å². The van der Waals surface area contributed by atoms with Crippen molar-refractivity contribution in [1.29, 1.82) is 0 Å². The molecular formula is C24H24N4O2. The van der Waals surface area contributed by atoms with Crippen LogP contribution in [0, 0.1) is 18.8 Å². The molecule has 6 heteroatoms. The zero-order chi connectivity index (χ0) is 20.6. The predicted octanol–water partition coefficient (Wildman–Crippen LogP) is 4.62. The molecule has 0 spiro atoms. The predicted molar refractivity (Wildman–Crippen MR) is 115 cm³/mol. The first-order valence-corrected chi connectivity index (χ1v) is 10.6. The van der Waals surface area contributed by atoms with Crippen molar-refractivity contribution in [3.8, 4) is 0 Å². The first-order chi connectivity index (χ1) is 14.5. The van der Waals surface area contributed by atoms with Crippen molar-refractivity contribution in [3.63, 3.8) is 0 Å². The van der Waals surface area contributed by atoms with E-state index >= 15 is 0 Å². The van der Waals surface area contributed by atoms with Gasteiger partial charge >= 0.3 is 0 Å². The Balaban J connectivity index is 1.40. The highest BCUT2D eigenvalue weighted by molar-refractivity contribution is 5.97. The summed E-state index contributed by atoms with van der Waals surface area (Å²) in [6, 6.07) is 9.95. The van der Waals surface area contributed by atoms with Gasteiger partial charge in [-0.2, -0.15) is 0 Å². The number of hydrogen-bond acceptors (Lipinski definition) is 4. The molecule has 2 unspecified atom stereocenters. The number of aromatic nitrogens is 3. The number of aromatic amines is 1. The summed E-state index contributed by atoms with van der Waals surface area (Å²) in [6.45, 7) is 8.03. The Bertz CT molecular complexity index is 1300. The number of nitrogens with one attached hydrogen (secondary N) is 1. The molecule has 2 aromatic carbocycles. The molecule has 1 fully saturated rings. The average Bonchev–Trinajstić information content (AvgIpc) is 3.35. The summed E-state index contributed by atoms with van der Waals surface area (Å²) in [5, 5.41) is 0. The van der Waals surface area contributed by atoms with Crippen molar-refractivity contribution in [3.05, 3.63) is 59.2 Å². The number of likely N-dealkylation sites (tertiary alicyclic amines) is 1. The largest absolute Gasteiger partial charge is 0.441 e. The smallest absolute Gasteiger partial charge is 0.253 e. The second-order valence-corrected chi connectivity index (χ2v) is 8.91. The summed E-state index contributed by atoms with van der Waals surface area (Å²) < 4.78 is 5.79. The number of imidazole rings is 1. The molecule has 0 saturated carbocycles. The molecule has 2 aromatic heterocycles. The van der Waals surface area contributed by atoms with Crippen LogP contribution >= 0.6 is 0 Å². The maximum Gasteiger partial charge on any atom is 0.253 e. The van der Waals surface area contributed by atoms with E-state index in [4.69, 9.17) is 9.40 Å². The van der Waals surface area contributed by atoms with Crippen LogP contribution in [0.5, 0.6) is 0 Å². The number of aryl methyl sites for hydroxylation is 1. The number of carbonyl (C=O) groups is 1. The van der Waals surface area contributed by atoms with Crippen molar-refractivity contribution >= 4 is 28.0 Å². The van der Waals surface area contributed by atoms with Crippen molar-refractivity contribution in [1.82, 2.24) is 19.9 Å². The molecule has 2 bridgehead atoms. The van der Waals surface area contributed by atoms with Gasteiger partial charge in [0.05, 0.1) is 17.4 Å². The molecule has 6 rings (SSSR count). The van der Waals surface area contributed by atoms with E-state index in [-0.39, 0.29) is 5.91 Å². The van der Waals surface area contributed by atoms with Crippen LogP contribution in [0.4, 0.5) is 0 Å². The van der Waals surface area contributed by atoms with Gasteiger partial charge in [0.25, 0.3) is 5.91 Å². The van der Waals surface area contributed by atoms with Gasteiger partial charge in [-0.15, -0.1) is 0 Å². The fourth-order valence-electron chi connectivity index (χ4n) is 5.77. The van der Waals surface area contributed by atoms with Crippen molar-refractivity contribution in [2.45, 2.75) is 32.6 Å². The minimum absolute atomic E-state index is 0.0995. The SMILES string of the molecule is Cc1nc2c3c(ccc2o1)C1CN(C(=O)c2ccc4nc[nH]c4c2)CC([C@@H]1C)[C@H]3C. The lowest BCUT2D eigenvalue weighted by Gasteiger charge is -2.49. The molecule has 30 heavy (non-hydrogen) atoms. The van der Waals surface area contributed by atoms with Crippen LogP contribution in [0.2, 0.25) is 0 Å². The molecule has 1 amide bonds. The van der Waals surface area contributed by atoms with Crippen LogP contribution < -0.4 is 0 Å². The topological polar surface area (TPSA) is 75.0 Å². The lowest BCUT2D eigenvalue weighted by Crippen LogP contribution is -2.51. The lowest BCUT2D eigenvalue weighted by atomic mass is 9.62. The maximum absolute atomic E-state index is 13.4. The second kappa shape index (κ2) is 6.17. The standard InChI is InChI=1S/C24H24N4O2/c1-12-17-9-28(24(29)15-4-6-19-20(8-15)26-11-25-19)10-18(12)16-5-7-21-23(22(16)13(17)2)27-14(3)30-21/h4-8,11-13,17-18H,9-10H2,1-3H3,(H,25,26)/t12-,13+,17?,18?/m0/s1. The molecule has 4 atom stereocenters. The number of fused-ring (bicyclic) bond motifs is 7. The van der Waals surface area contributed by atoms with Gasteiger partial charge in [0, 0.05) is 31.5 Å². The highest BCUT2D eigenvalue weighted by atomic mass is 16.3. The quantitative estimate of drug-likeness (QED) is 0.506. The van der Waals surface area contributed by atoms with Crippen LogP contribution in [-0.4, -0.2) is 38.8 Å². The Kier molecular flexibility index (Phi) is 3.64. The van der Waals surface area contributed by atoms with Gasteiger partial charge in [-0.05, 0) is 53.1 Å². The fourth-order valence-corrected chi connectivity index (χ4v) is 5.77. The third-order valence-electron chi connectivity index (χ3n) is 7.35. The normalized spacial score (nSPS) is 25.6. The Morgan fingerprint density at radius 3 is 2.93 bits per heavy atom. The van der Waals surface area contributed by atoms with E-state index in [0.717, 1.165) is 40.8 Å². The first-order valence-electron chi connectivity index (χ1n) is 10.6. The zero-order valence-corrected chi connectivity index (χ0v) is 17.3. The molecule has 6 nitrogen and oxygen atoms in total. The molecule has 1 aliphatic heterocycles. The van der Waals surface area contributed by atoms with E-state index in [1.165, 1.54) is 11.1 Å². The number of hydrogen-bond donors (Lipinski definition) is 1. The van der Waals surface area contributed by atoms with E-state index in [1.54, 1.807) is 6.33 Å². The summed E-state index contributed by atoms with van der Waals surface area (Å²) >= 11 is 0. The van der Waals surface area contributed by atoms with E-state index in [1.807, 2.05) is 36.1 Å². The molecule has 3 heterocycles. The summed E-state index contributed by atoms with van der Waals surface area (Å²) in [4.78, 5) is 27.5. The number of carbonyl (C=O) groups excluding carboxylic acids is 1. The fraction of sp³-hybridized carbons (Fsp3) is 0.375. The van der Waals surface area contributed by atoms with Gasteiger partial charge in [0.1, 0.15) is 5.52 Å². The van der Waals surface area contributed by atoms with E-state index in [2.05, 4.69) is 29.9 Å². The van der Waals surface area contributed by atoms with Crippen LogP contribution in [0.1, 0.15) is 53.1 Å². The Hall–Kier alpha value is -3.15. The van der Waals surface area contributed by atoms with Crippen LogP contribution in [-0.2, 0) is 0 Å². The maximum atomic E-state index is 13.4. The molecule has 4 aromatic rings. The molecule has 1 aliphatic carbocycles. The summed E-state index contributed by atoms with van der Waals surface area (Å²) in [6.07, 6.45) is 1.66. The minimum atomic E-state index is 0.0995. The average molecular weight is 400 g/mol. The minimum Gasteiger partial charge on any atom is -0.441 e. The van der Waals surface area contributed by atoms with Crippen molar-refractivity contribution in [2.75, 3.05) is 13.1 Å². The third-order valence-corrected chi connectivity index (χ3v) is 7.35. The van der Waals surface area contributed by atoms with Gasteiger partial charge < -0.3 is 14.3 Å². The summed E-state index contributed by atoms with van der Waals surface area (Å²) in [7, 11) is 0. The van der Waals surface area contributed by atoms with E-state index < -0.39 is 0 Å². The molecule has 1 saturated heterocycles. The number of nitrogens with zero attached hydrogens (tertiary/aromatic N) is 3. The van der Waals surface area contributed by atoms with Gasteiger partial charge in [-0.1, -0.05) is 19.9 Å². The number of oxazole rings is 1. The number of rotatable bonds is 1. The zero-order valence-electron chi connectivity index (χ0n) is 17.3. The Morgan fingerprint density at radius 2 is 2.07 bits per heavy atom.